The van der Waals surface area contributed by atoms with E-state index in [0.29, 0.717) is 11.1 Å². The Morgan fingerprint density at radius 1 is 1.03 bits per heavy atom. The van der Waals surface area contributed by atoms with Crippen LogP contribution in [0.4, 0.5) is 14.5 Å². The van der Waals surface area contributed by atoms with Gasteiger partial charge in [0.25, 0.3) is 17.5 Å². The van der Waals surface area contributed by atoms with E-state index in [1.54, 1.807) is 13.0 Å². The monoisotopic (exact) mass is 408 g/mol. The molecule has 2 aromatic carbocycles. The molecular weight excluding hydrogens is 394 g/mol. The van der Waals surface area contributed by atoms with Gasteiger partial charge in [-0.3, -0.25) is 9.59 Å². The van der Waals surface area contributed by atoms with Gasteiger partial charge in [-0.2, -0.15) is 0 Å². The lowest BCUT2D eigenvalue weighted by molar-refractivity contribution is 0.0992. The number of primary amides is 1. The molecule has 2 aromatic heterocycles. The fraction of sp³-hybridized carbons (Fsp3) is 0.0476. The lowest BCUT2D eigenvalue weighted by Gasteiger charge is -2.10. The zero-order valence-corrected chi connectivity index (χ0v) is 15.6. The molecule has 0 saturated carbocycles. The highest BCUT2D eigenvalue weighted by Gasteiger charge is 2.21. The zero-order valence-electron chi connectivity index (χ0n) is 15.6. The average molecular weight is 408 g/mol. The summed E-state index contributed by atoms with van der Waals surface area (Å²) in [7, 11) is 0. The molecule has 9 heteroatoms. The molecule has 0 aliphatic carbocycles. The maximum absolute atomic E-state index is 14.3. The van der Waals surface area contributed by atoms with Crippen LogP contribution in [0.3, 0.4) is 0 Å². The number of halogens is 2. The number of benzene rings is 2. The molecule has 2 heterocycles. The first-order valence-corrected chi connectivity index (χ1v) is 8.78. The molecule has 7 nitrogen and oxygen atoms in total. The van der Waals surface area contributed by atoms with Crippen LogP contribution in [0.15, 0.2) is 53.1 Å². The van der Waals surface area contributed by atoms with Crippen molar-refractivity contribution in [3.63, 3.8) is 0 Å². The first-order valence-electron chi connectivity index (χ1n) is 8.78. The zero-order chi connectivity index (χ0) is 21.4. The molecule has 150 valence electrons. The van der Waals surface area contributed by atoms with Gasteiger partial charge in [-0.1, -0.05) is 17.3 Å². The summed E-state index contributed by atoms with van der Waals surface area (Å²) in [5.74, 6) is -2.89. The number of nitrogens with one attached hydrogen (secondary N) is 1. The van der Waals surface area contributed by atoms with Crippen LogP contribution in [-0.2, 0) is 0 Å². The topological polar surface area (TPSA) is 111 Å². The van der Waals surface area contributed by atoms with Crippen molar-refractivity contribution < 1.29 is 22.9 Å². The smallest absolute Gasteiger partial charge is 0.259 e. The lowest BCUT2D eigenvalue weighted by Crippen LogP contribution is -2.16. The average Bonchev–Trinajstić information content (AvgIpc) is 3.09. The number of carbonyl (C=O) groups excluding carboxylic acids is 2. The summed E-state index contributed by atoms with van der Waals surface area (Å²) in [4.78, 5) is 28.6. The van der Waals surface area contributed by atoms with Crippen LogP contribution in [0.1, 0.15) is 26.4 Å². The number of fused-ring (bicyclic) bond motifs is 1. The summed E-state index contributed by atoms with van der Waals surface area (Å²) in [6.07, 6.45) is 0. The summed E-state index contributed by atoms with van der Waals surface area (Å²) in [5.41, 5.74) is 5.91. The normalized spacial score (nSPS) is 10.9. The minimum absolute atomic E-state index is 0.0651. The molecule has 0 atom stereocenters. The first-order chi connectivity index (χ1) is 14.3. The van der Waals surface area contributed by atoms with Gasteiger partial charge in [-0.15, -0.1) is 0 Å². The second-order valence-electron chi connectivity index (χ2n) is 6.50. The first kappa shape index (κ1) is 19.2. The largest absolute Gasteiger partial charge is 0.366 e. The number of pyridine rings is 1. The molecule has 2 amide bonds. The Balaban J connectivity index is 1.81. The van der Waals surface area contributed by atoms with E-state index < -0.39 is 23.4 Å². The maximum Gasteiger partial charge on any atom is 0.259 e. The Morgan fingerprint density at radius 2 is 1.80 bits per heavy atom. The van der Waals surface area contributed by atoms with Crippen molar-refractivity contribution >= 4 is 28.6 Å². The predicted octanol–water partition coefficient (Wildman–Crippen LogP) is 3.83. The van der Waals surface area contributed by atoms with Crippen LogP contribution < -0.4 is 11.1 Å². The van der Waals surface area contributed by atoms with Crippen molar-refractivity contribution in [1.29, 1.82) is 0 Å². The molecule has 30 heavy (non-hydrogen) atoms. The second-order valence-corrected chi connectivity index (χ2v) is 6.50. The van der Waals surface area contributed by atoms with Gasteiger partial charge in [-0.05, 0) is 43.3 Å². The molecule has 0 spiro atoms. The van der Waals surface area contributed by atoms with Crippen LogP contribution in [0.5, 0.6) is 0 Å². The van der Waals surface area contributed by atoms with Crippen LogP contribution in [0.2, 0.25) is 0 Å². The van der Waals surface area contributed by atoms with Gasteiger partial charge >= 0.3 is 0 Å². The minimum Gasteiger partial charge on any atom is -0.366 e. The molecule has 3 N–H and O–H groups in total. The van der Waals surface area contributed by atoms with Crippen molar-refractivity contribution in [2.24, 2.45) is 5.73 Å². The highest BCUT2D eigenvalue weighted by atomic mass is 19.1. The van der Waals surface area contributed by atoms with Crippen LogP contribution >= 0.6 is 0 Å². The number of carbonyl (C=O) groups is 2. The summed E-state index contributed by atoms with van der Waals surface area (Å²) in [5, 5.41) is 6.76. The molecule has 0 bridgehead atoms. The number of amides is 2. The van der Waals surface area contributed by atoms with E-state index in [0.717, 1.165) is 12.1 Å². The van der Waals surface area contributed by atoms with E-state index in [-0.39, 0.29) is 33.8 Å². The Morgan fingerprint density at radius 3 is 2.53 bits per heavy atom. The molecule has 0 saturated heterocycles. The SMILES string of the molecule is Cc1noc2nc(-c3ccccc3F)cc(C(=O)Nc3ccc(F)c(C(N)=O)c3)c12. The molecule has 0 unspecified atom stereocenters. The molecule has 0 aliphatic rings. The third-order valence-corrected chi connectivity index (χ3v) is 4.50. The van der Waals surface area contributed by atoms with E-state index in [4.69, 9.17) is 10.3 Å². The summed E-state index contributed by atoms with van der Waals surface area (Å²) in [6, 6.07) is 10.8. The molecule has 0 fully saturated rings. The van der Waals surface area contributed by atoms with E-state index in [2.05, 4.69) is 15.5 Å². The Bertz CT molecular complexity index is 1320. The highest BCUT2D eigenvalue weighted by molar-refractivity contribution is 6.13. The molecule has 0 radical (unpaired) electrons. The van der Waals surface area contributed by atoms with Crippen molar-refractivity contribution in [2.45, 2.75) is 6.92 Å². The number of nitrogens with zero attached hydrogens (tertiary/aromatic N) is 2. The van der Waals surface area contributed by atoms with E-state index >= 15 is 0 Å². The van der Waals surface area contributed by atoms with Gasteiger partial charge in [0, 0.05) is 11.3 Å². The van der Waals surface area contributed by atoms with Crippen molar-refractivity contribution in [2.75, 3.05) is 5.32 Å². The molecular formula is C21H14F2N4O3. The van der Waals surface area contributed by atoms with Gasteiger partial charge < -0.3 is 15.6 Å². The quantitative estimate of drug-likeness (QED) is 0.533. The van der Waals surface area contributed by atoms with E-state index in [1.807, 2.05) is 0 Å². The van der Waals surface area contributed by atoms with E-state index in [1.165, 1.54) is 30.3 Å². The summed E-state index contributed by atoms with van der Waals surface area (Å²) < 4.78 is 33.1. The summed E-state index contributed by atoms with van der Waals surface area (Å²) in [6.45, 7) is 1.64. The highest BCUT2D eigenvalue weighted by Crippen LogP contribution is 2.29. The number of aromatic nitrogens is 2. The summed E-state index contributed by atoms with van der Waals surface area (Å²) >= 11 is 0. The van der Waals surface area contributed by atoms with Crippen LogP contribution in [0, 0.1) is 18.6 Å². The standard InChI is InChI=1S/C21H14F2N4O3/c1-10-18-14(20(29)25-11-6-7-16(23)13(8-11)19(24)28)9-17(26-21(18)30-27-10)12-4-2-3-5-15(12)22/h2-9H,1H3,(H2,24,28)(H,25,29). The number of aryl methyl sites for hydroxylation is 1. The van der Waals surface area contributed by atoms with Gasteiger partial charge in [0.05, 0.1) is 27.9 Å². The minimum atomic E-state index is -0.966. The van der Waals surface area contributed by atoms with Gasteiger partial charge in [0.2, 0.25) is 0 Å². The van der Waals surface area contributed by atoms with Crippen molar-refractivity contribution in [3.05, 3.63) is 77.0 Å². The van der Waals surface area contributed by atoms with E-state index in [9.17, 15) is 18.4 Å². The third kappa shape index (κ3) is 3.37. The third-order valence-electron chi connectivity index (χ3n) is 4.50. The van der Waals surface area contributed by atoms with Crippen LogP contribution in [0.25, 0.3) is 22.4 Å². The number of hydrogen-bond acceptors (Lipinski definition) is 5. The number of nitrogens with two attached hydrogens (primary N) is 1. The fourth-order valence-electron chi connectivity index (χ4n) is 3.07. The fourth-order valence-corrected chi connectivity index (χ4v) is 3.07. The Hall–Kier alpha value is -4.14. The second kappa shape index (κ2) is 7.36. The number of anilines is 1. The van der Waals surface area contributed by atoms with Gasteiger partial charge in [0.15, 0.2) is 0 Å². The van der Waals surface area contributed by atoms with Crippen LogP contribution in [-0.4, -0.2) is 22.0 Å². The predicted molar refractivity (Wildman–Crippen MR) is 105 cm³/mol. The molecule has 4 rings (SSSR count). The molecule has 4 aromatic rings. The lowest BCUT2D eigenvalue weighted by atomic mass is 10.0. The number of hydrogen-bond donors (Lipinski definition) is 2. The van der Waals surface area contributed by atoms with Crippen molar-refractivity contribution in [3.8, 4) is 11.3 Å². The molecule has 0 aliphatic heterocycles. The van der Waals surface area contributed by atoms with Crippen molar-refractivity contribution in [1.82, 2.24) is 10.1 Å². The Kier molecular flexibility index (Phi) is 4.71. The Labute approximate surface area is 168 Å². The maximum atomic E-state index is 14.3. The number of rotatable bonds is 4. The van der Waals surface area contributed by atoms with Gasteiger partial charge in [-0.25, -0.2) is 13.8 Å². The van der Waals surface area contributed by atoms with Gasteiger partial charge in [0.1, 0.15) is 11.6 Å².